The minimum absolute atomic E-state index is 0.146. The highest BCUT2D eigenvalue weighted by atomic mass is 16.2. The number of carbonyl (C=O) groups excluding carboxylic acids is 1. The molecule has 4 N–H and O–H groups in total. The van der Waals surface area contributed by atoms with Gasteiger partial charge in [0.2, 0.25) is 0 Å². The molecule has 0 aromatic heterocycles. The van der Waals surface area contributed by atoms with Crippen molar-refractivity contribution in [2.45, 2.75) is 39.2 Å². The zero-order valence-corrected chi connectivity index (χ0v) is 11.0. The van der Waals surface area contributed by atoms with Crippen LogP contribution in [0.2, 0.25) is 0 Å². The lowest BCUT2D eigenvalue weighted by Crippen LogP contribution is -2.29. The summed E-state index contributed by atoms with van der Waals surface area (Å²) < 4.78 is 0. The monoisotopic (exact) mass is 249 g/mol. The van der Waals surface area contributed by atoms with E-state index in [1.54, 1.807) is 0 Å². The lowest BCUT2D eigenvalue weighted by Gasteiger charge is -2.08. The summed E-state index contributed by atoms with van der Waals surface area (Å²) in [5.74, 6) is 0. The van der Waals surface area contributed by atoms with Crippen molar-refractivity contribution in [3.63, 3.8) is 0 Å². The van der Waals surface area contributed by atoms with Gasteiger partial charge in [0.15, 0.2) is 0 Å². The zero-order valence-electron chi connectivity index (χ0n) is 11.0. The van der Waals surface area contributed by atoms with E-state index in [9.17, 15) is 4.79 Å². The summed E-state index contributed by atoms with van der Waals surface area (Å²) in [7, 11) is 0. The van der Waals surface area contributed by atoms with Crippen LogP contribution >= 0.6 is 0 Å². The number of nitrogens with two attached hydrogens (primary N) is 1. The lowest BCUT2D eigenvalue weighted by atomic mass is 10.2. The molecular weight excluding hydrogens is 226 g/mol. The van der Waals surface area contributed by atoms with Gasteiger partial charge in [-0.05, 0) is 24.1 Å². The minimum Gasteiger partial charge on any atom is -0.338 e. The van der Waals surface area contributed by atoms with Gasteiger partial charge in [0.25, 0.3) is 0 Å². The molecule has 0 saturated heterocycles. The van der Waals surface area contributed by atoms with Crippen LogP contribution in [0.1, 0.15) is 38.2 Å². The maximum Gasteiger partial charge on any atom is 0.319 e. The van der Waals surface area contributed by atoms with E-state index in [4.69, 9.17) is 5.73 Å². The van der Waals surface area contributed by atoms with E-state index < -0.39 is 0 Å². The van der Waals surface area contributed by atoms with Gasteiger partial charge in [-0.3, -0.25) is 0 Å². The van der Waals surface area contributed by atoms with Gasteiger partial charge < -0.3 is 16.4 Å². The Morgan fingerprint density at radius 1 is 1.17 bits per heavy atom. The van der Waals surface area contributed by atoms with Crippen molar-refractivity contribution in [3.8, 4) is 0 Å². The average molecular weight is 249 g/mol. The van der Waals surface area contributed by atoms with Gasteiger partial charge in [-0.15, -0.1) is 0 Å². The van der Waals surface area contributed by atoms with Crippen molar-refractivity contribution in [1.29, 1.82) is 0 Å². The highest BCUT2D eigenvalue weighted by Crippen LogP contribution is 2.08. The van der Waals surface area contributed by atoms with E-state index in [0.717, 1.165) is 24.2 Å². The van der Waals surface area contributed by atoms with Crippen LogP contribution < -0.4 is 16.4 Å². The molecule has 100 valence electrons. The van der Waals surface area contributed by atoms with Gasteiger partial charge in [0.1, 0.15) is 0 Å². The zero-order chi connectivity index (χ0) is 13.2. The fourth-order valence-corrected chi connectivity index (χ4v) is 1.65. The summed E-state index contributed by atoms with van der Waals surface area (Å²) >= 11 is 0. The van der Waals surface area contributed by atoms with Gasteiger partial charge in [-0.1, -0.05) is 38.3 Å². The topological polar surface area (TPSA) is 67.2 Å². The molecule has 18 heavy (non-hydrogen) atoms. The van der Waals surface area contributed by atoms with Crippen molar-refractivity contribution in [3.05, 3.63) is 29.8 Å². The molecular formula is C14H23N3O. The van der Waals surface area contributed by atoms with Crippen molar-refractivity contribution < 1.29 is 4.79 Å². The average Bonchev–Trinajstić information content (AvgIpc) is 2.39. The third-order valence-electron chi connectivity index (χ3n) is 2.76. The highest BCUT2D eigenvalue weighted by Gasteiger charge is 2.00. The number of hydrogen-bond donors (Lipinski definition) is 3. The normalized spacial score (nSPS) is 10.1. The standard InChI is InChI=1S/C14H23N3O/c1-2-3-4-5-10-16-14(18)17-13-8-6-12(11-15)7-9-13/h6-9H,2-5,10-11,15H2,1H3,(H2,16,17,18). The van der Waals surface area contributed by atoms with Gasteiger partial charge >= 0.3 is 6.03 Å². The Morgan fingerprint density at radius 2 is 1.89 bits per heavy atom. The van der Waals surface area contributed by atoms with E-state index in [0.29, 0.717) is 6.54 Å². The molecule has 4 nitrogen and oxygen atoms in total. The molecule has 0 radical (unpaired) electrons. The first kappa shape index (κ1) is 14.5. The quantitative estimate of drug-likeness (QED) is 0.650. The number of benzene rings is 1. The molecule has 0 unspecified atom stereocenters. The van der Waals surface area contributed by atoms with E-state index in [1.165, 1.54) is 19.3 Å². The van der Waals surface area contributed by atoms with E-state index in [2.05, 4.69) is 17.6 Å². The summed E-state index contributed by atoms with van der Waals surface area (Å²) in [5.41, 5.74) is 7.35. The molecule has 0 aliphatic rings. The molecule has 4 heteroatoms. The van der Waals surface area contributed by atoms with Gasteiger partial charge in [-0.25, -0.2) is 4.79 Å². The molecule has 1 aromatic carbocycles. The molecule has 2 amide bonds. The Morgan fingerprint density at radius 3 is 2.50 bits per heavy atom. The molecule has 0 aliphatic carbocycles. The molecule has 0 spiro atoms. The second-order valence-electron chi connectivity index (χ2n) is 4.34. The van der Waals surface area contributed by atoms with Crippen LogP contribution in [-0.4, -0.2) is 12.6 Å². The Kier molecular flexibility index (Phi) is 6.87. The van der Waals surface area contributed by atoms with Gasteiger partial charge in [-0.2, -0.15) is 0 Å². The Hall–Kier alpha value is -1.55. The predicted molar refractivity (Wildman–Crippen MR) is 75.5 cm³/mol. The number of urea groups is 1. The summed E-state index contributed by atoms with van der Waals surface area (Å²) in [6.45, 7) is 3.42. The second kappa shape index (κ2) is 8.53. The van der Waals surface area contributed by atoms with Crippen LogP contribution in [0.15, 0.2) is 24.3 Å². The highest BCUT2D eigenvalue weighted by molar-refractivity contribution is 5.89. The third kappa shape index (κ3) is 5.68. The van der Waals surface area contributed by atoms with Crippen LogP contribution in [0.5, 0.6) is 0 Å². The summed E-state index contributed by atoms with van der Waals surface area (Å²) in [6, 6.07) is 7.40. The number of nitrogens with one attached hydrogen (secondary N) is 2. The van der Waals surface area contributed by atoms with Gasteiger partial charge in [0, 0.05) is 18.8 Å². The summed E-state index contributed by atoms with van der Waals surface area (Å²) in [4.78, 5) is 11.6. The molecule has 1 rings (SSSR count). The largest absolute Gasteiger partial charge is 0.338 e. The Labute approximate surface area is 109 Å². The molecule has 0 heterocycles. The Balaban J connectivity index is 2.22. The molecule has 0 aliphatic heterocycles. The Bertz CT molecular complexity index is 349. The number of anilines is 1. The number of amides is 2. The maximum atomic E-state index is 11.6. The van der Waals surface area contributed by atoms with E-state index in [-0.39, 0.29) is 6.03 Å². The van der Waals surface area contributed by atoms with Crippen LogP contribution in [0.25, 0.3) is 0 Å². The molecule has 0 bridgehead atoms. The smallest absolute Gasteiger partial charge is 0.319 e. The lowest BCUT2D eigenvalue weighted by molar-refractivity contribution is 0.252. The summed E-state index contributed by atoms with van der Waals surface area (Å²) in [6.07, 6.45) is 4.64. The number of hydrogen-bond acceptors (Lipinski definition) is 2. The fourth-order valence-electron chi connectivity index (χ4n) is 1.65. The number of carbonyl (C=O) groups is 1. The van der Waals surface area contributed by atoms with E-state index in [1.807, 2.05) is 24.3 Å². The third-order valence-corrected chi connectivity index (χ3v) is 2.76. The van der Waals surface area contributed by atoms with Crippen molar-refractivity contribution in [2.75, 3.05) is 11.9 Å². The second-order valence-corrected chi connectivity index (χ2v) is 4.34. The molecule has 1 aromatic rings. The van der Waals surface area contributed by atoms with Crippen molar-refractivity contribution >= 4 is 11.7 Å². The van der Waals surface area contributed by atoms with Gasteiger partial charge in [0.05, 0.1) is 0 Å². The molecule has 0 atom stereocenters. The number of unbranched alkanes of at least 4 members (excludes halogenated alkanes) is 3. The maximum absolute atomic E-state index is 11.6. The fraction of sp³-hybridized carbons (Fsp3) is 0.500. The SMILES string of the molecule is CCCCCCNC(=O)Nc1ccc(CN)cc1. The van der Waals surface area contributed by atoms with Crippen molar-refractivity contribution in [2.24, 2.45) is 5.73 Å². The first-order valence-electron chi connectivity index (χ1n) is 6.60. The number of rotatable bonds is 7. The van der Waals surface area contributed by atoms with E-state index >= 15 is 0 Å². The molecule has 0 saturated carbocycles. The van der Waals surface area contributed by atoms with Crippen molar-refractivity contribution in [1.82, 2.24) is 5.32 Å². The first-order valence-corrected chi connectivity index (χ1v) is 6.60. The van der Waals surface area contributed by atoms with Crippen LogP contribution in [0, 0.1) is 0 Å². The van der Waals surface area contributed by atoms with Crippen LogP contribution in [-0.2, 0) is 6.54 Å². The summed E-state index contributed by atoms with van der Waals surface area (Å²) in [5, 5.41) is 5.64. The first-order chi connectivity index (χ1) is 8.76. The van der Waals surface area contributed by atoms with Crippen LogP contribution in [0.3, 0.4) is 0 Å². The predicted octanol–water partition coefficient (Wildman–Crippen LogP) is 2.85. The molecule has 0 fully saturated rings. The van der Waals surface area contributed by atoms with Crippen LogP contribution in [0.4, 0.5) is 10.5 Å². The minimum atomic E-state index is -0.146.